The topological polar surface area (TPSA) is 64.9 Å². The van der Waals surface area contributed by atoms with E-state index in [1.807, 2.05) is 18.2 Å². The average Bonchev–Trinajstić information content (AvgIpc) is 2.87. The van der Waals surface area contributed by atoms with Crippen LogP contribution in [0.4, 0.5) is 0 Å². The summed E-state index contributed by atoms with van der Waals surface area (Å²) in [5.41, 5.74) is 1.17. The minimum Gasteiger partial charge on any atom is -0.306 e. The Labute approximate surface area is 126 Å². The Morgan fingerprint density at radius 1 is 1.53 bits per heavy atom. The van der Waals surface area contributed by atoms with Crippen LogP contribution in [0, 0.1) is 14.9 Å². The van der Waals surface area contributed by atoms with Crippen LogP contribution >= 0.6 is 22.6 Å². The van der Waals surface area contributed by atoms with Gasteiger partial charge in [0.2, 0.25) is 0 Å². The number of Topliss-reactive ketones (excluding diaryl/α,β-unsaturated/α-hetero) is 1. The maximum Gasteiger partial charge on any atom is 0.163 e. The fourth-order valence-corrected chi connectivity index (χ4v) is 2.81. The van der Waals surface area contributed by atoms with Crippen LogP contribution in [0.15, 0.2) is 24.3 Å². The van der Waals surface area contributed by atoms with Gasteiger partial charge in [-0.15, -0.1) is 0 Å². The smallest absolute Gasteiger partial charge is 0.163 e. The summed E-state index contributed by atoms with van der Waals surface area (Å²) >= 11 is 2.27. The molecule has 1 aliphatic rings. The molecule has 0 bridgehead atoms. The lowest BCUT2D eigenvalue weighted by Gasteiger charge is -2.10. The molecule has 0 saturated carbocycles. The fraction of sp³-hybridized carbons (Fsp3) is 0.429. The Bertz CT molecular complexity index is 498. The molecule has 2 atom stereocenters. The van der Waals surface area contributed by atoms with Crippen LogP contribution in [0.25, 0.3) is 0 Å². The number of benzene rings is 1. The molecule has 1 aliphatic heterocycles. The van der Waals surface area contributed by atoms with Crippen LogP contribution < -0.4 is 10.6 Å². The van der Waals surface area contributed by atoms with E-state index in [4.69, 9.17) is 5.26 Å². The van der Waals surface area contributed by atoms with Crippen LogP contribution in [0.1, 0.15) is 18.4 Å². The second kappa shape index (κ2) is 6.98. The number of rotatable bonds is 5. The molecule has 0 radical (unpaired) electrons. The zero-order valence-electron chi connectivity index (χ0n) is 10.5. The van der Waals surface area contributed by atoms with Gasteiger partial charge in [-0.3, -0.25) is 10.1 Å². The summed E-state index contributed by atoms with van der Waals surface area (Å²) in [5.74, 6) is 0.142. The summed E-state index contributed by atoms with van der Waals surface area (Å²) in [6.45, 7) is 1.04. The Morgan fingerprint density at radius 3 is 3.05 bits per heavy atom. The molecule has 1 heterocycles. The zero-order chi connectivity index (χ0) is 13.7. The van der Waals surface area contributed by atoms with Crippen molar-refractivity contribution in [3.05, 3.63) is 33.4 Å². The standard InChI is InChI=1S/C14H16IN3O/c15-11-3-1-2-10(6-11)8-17-9-14(19)13-5-4-12(7-16)18-13/h1-3,6,12-13,17-18H,4-5,8-9H2. The van der Waals surface area contributed by atoms with E-state index in [0.717, 1.165) is 12.8 Å². The minimum absolute atomic E-state index is 0.142. The summed E-state index contributed by atoms with van der Waals surface area (Å²) in [7, 11) is 0. The molecular formula is C14H16IN3O. The van der Waals surface area contributed by atoms with Crippen molar-refractivity contribution in [1.29, 1.82) is 5.26 Å². The molecule has 0 aliphatic carbocycles. The molecule has 1 saturated heterocycles. The van der Waals surface area contributed by atoms with Crippen LogP contribution in [0.5, 0.6) is 0 Å². The highest BCUT2D eigenvalue weighted by Gasteiger charge is 2.28. The van der Waals surface area contributed by atoms with Gasteiger partial charge in [0.15, 0.2) is 5.78 Å². The number of nitrogens with zero attached hydrogens (tertiary/aromatic N) is 1. The van der Waals surface area contributed by atoms with E-state index < -0.39 is 0 Å². The lowest BCUT2D eigenvalue weighted by atomic mass is 10.1. The van der Waals surface area contributed by atoms with Gasteiger partial charge in [0, 0.05) is 10.1 Å². The van der Waals surface area contributed by atoms with E-state index in [-0.39, 0.29) is 17.9 Å². The van der Waals surface area contributed by atoms with Gasteiger partial charge in [-0.05, 0) is 53.1 Å². The Hall–Kier alpha value is -0.970. The maximum atomic E-state index is 11.9. The van der Waals surface area contributed by atoms with Crippen molar-refractivity contribution in [2.45, 2.75) is 31.5 Å². The van der Waals surface area contributed by atoms with Gasteiger partial charge >= 0.3 is 0 Å². The zero-order valence-corrected chi connectivity index (χ0v) is 12.7. The van der Waals surface area contributed by atoms with Crippen LogP contribution in [-0.2, 0) is 11.3 Å². The normalized spacial score (nSPS) is 22.1. The van der Waals surface area contributed by atoms with E-state index in [1.54, 1.807) is 0 Å². The Morgan fingerprint density at radius 2 is 2.37 bits per heavy atom. The van der Waals surface area contributed by atoms with Gasteiger partial charge in [-0.2, -0.15) is 5.26 Å². The van der Waals surface area contributed by atoms with E-state index in [0.29, 0.717) is 13.1 Å². The lowest BCUT2D eigenvalue weighted by Crippen LogP contribution is -2.39. The first-order valence-electron chi connectivity index (χ1n) is 6.32. The first-order chi connectivity index (χ1) is 9.19. The number of carbonyl (C=O) groups excluding carboxylic acids is 1. The van der Waals surface area contributed by atoms with E-state index >= 15 is 0 Å². The molecule has 4 nitrogen and oxygen atoms in total. The van der Waals surface area contributed by atoms with Crippen LogP contribution in [-0.4, -0.2) is 24.4 Å². The fourth-order valence-electron chi connectivity index (χ4n) is 2.20. The molecular weight excluding hydrogens is 353 g/mol. The Kier molecular flexibility index (Phi) is 5.31. The molecule has 0 spiro atoms. The third kappa shape index (κ3) is 4.27. The summed E-state index contributed by atoms with van der Waals surface area (Å²) in [6, 6.07) is 10.0. The van der Waals surface area contributed by atoms with Crippen LogP contribution in [0.3, 0.4) is 0 Å². The first kappa shape index (κ1) is 14.4. The monoisotopic (exact) mass is 369 g/mol. The molecule has 2 unspecified atom stereocenters. The van der Waals surface area contributed by atoms with Crippen molar-refractivity contribution in [2.75, 3.05) is 6.54 Å². The first-order valence-corrected chi connectivity index (χ1v) is 7.40. The van der Waals surface area contributed by atoms with Gasteiger partial charge in [-0.1, -0.05) is 12.1 Å². The van der Waals surface area contributed by atoms with Gasteiger partial charge < -0.3 is 5.32 Å². The number of halogens is 1. The summed E-state index contributed by atoms with van der Waals surface area (Å²) in [6.07, 6.45) is 1.53. The number of hydrogen-bond donors (Lipinski definition) is 2. The van der Waals surface area contributed by atoms with Crippen molar-refractivity contribution < 1.29 is 4.79 Å². The van der Waals surface area contributed by atoms with Crippen molar-refractivity contribution in [3.63, 3.8) is 0 Å². The second-order valence-corrected chi connectivity index (χ2v) is 5.92. The van der Waals surface area contributed by atoms with Crippen molar-refractivity contribution in [2.24, 2.45) is 0 Å². The molecule has 1 fully saturated rings. The van der Waals surface area contributed by atoms with E-state index in [2.05, 4.69) is 45.4 Å². The summed E-state index contributed by atoms with van der Waals surface area (Å²) < 4.78 is 1.19. The highest BCUT2D eigenvalue weighted by molar-refractivity contribution is 14.1. The minimum atomic E-state index is -0.162. The second-order valence-electron chi connectivity index (χ2n) is 4.68. The van der Waals surface area contributed by atoms with Gasteiger partial charge in [0.05, 0.1) is 24.7 Å². The third-order valence-corrected chi connectivity index (χ3v) is 3.88. The predicted molar refractivity (Wildman–Crippen MR) is 81.4 cm³/mol. The molecule has 100 valence electrons. The number of ketones is 1. The number of hydrogen-bond acceptors (Lipinski definition) is 4. The van der Waals surface area contributed by atoms with Gasteiger partial charge in [-0.25, -0.2) is 0 Å². The largest absolute Gasteiger partial charge is 0.306 e. The maximum absolute atomic E-state index is 11.9. The number of nitriles is 1. The molecule has 0 amide bonds. The molecule has 1 aromatic carbocycles. The van der Waals surface area contributed by atoms with Crippen molar-refractivity contribution in [1.82, 2.24) is 10.6 Å². The van der Waals surface area contributed by atoms with E-state index in [9.17, 15) is 4.79 Å². The highest BCUT2D eigenvalue weighted by atomic mass is 127. The average molecular weight is 369 g/mol. The van der Waals surface area contributed by atoms with Gasteiger partial charge in [0.25, 0.3) is 0 Å². The molecule has 5 heteroatoms. The lowest BCUT2D eigenvalue weighted by molar-refractivity contribution is -0.119. The van der Waals surface area contributed by atoms with Gasteiger partial charge in [0.1, 0.15) is 0 Å². The quantitative estimate of drug-likeness (QED) is 0.774. The summed E-state index contributed by atoms with van der Waals surface area (Å²) in [4.78, 5) is 11.9. The predicted octanol–water partition coefficient (Wildman–Crippen LogP) is 1.59. The van der Waals surface area contributed by atoms with Crippen LogP contribution in [0.2, 0.25) is 0 Å². The summed E-state index contributed by atoms with van der Waals surface area (Å²) in [5, 5.41) is 15.0. The Balaban J connectivity index is 1.74. The molecule has 1 aromatic rings. The van der Waals surface area contributed by atoms with Crippen molar-refractivity contribution in [3.8, 4) is 6.07 Å². The highest BCUT2D eigenvalue weighted by Crippen LogP contribution is 2.12. The third-order valence-electron chi connectivity index (χ3n) is 3.21. The van der Waals surface area contributed by atoms with Crippen molar-refractivity contribution >= 4 is 28.4 Å². The number of nitrogens with one attached hydrogen (secondary N) is 2. The SMILES string of the molecule is N#CC1CCC(C(=O)CNCc2cccc(I)c2)N1. The molecule has 2 rings (SSSR count). The molecule has 19 heavy (non-hydrogen) atoms. The molecule has 2 N–H and O–H groups in total. The van der Waals surface area contributed by atoms with E-state index in [1.165, 1.54) is 9.13 Å². The number of carbonyl (C=O) groups is 1. The molecule has 0 aromatic heterocycles.